The second-order valence-corrected chi connectivity index (χ2v) is 9.10. The molecule has 3 aromatic rings. The number of hydrogen-bond acceptors (Lipinski definition) is 5. The van der Waals surface area contributed by atoms with Gasteiger partial charge in [-0.3, -0.25) is 14.4 Å². The van der Waals surface area contributed by atoms with Crippen LogP contribution in [0.5, 0.6) is 0 Å². The summed E-state index contributed by atoms with van der Waals surface area (Å²) in [5.74, 6) is -0.774. The van der Waals surface area contributed by atoms with Crippen LogP contribution in [0.4, 0.5) is 11.4 Å². The minimum atomic E-state index is -1.65. The Morgan fingerprint density at radius 1 is 1.22 bits per heavy atom. The van der Waals surface area contributed by atoms with Crippen LogP contribution in [-0.4, -0.2) is 37.7 Å². The van der Waals surface area contributed by atoms with E-state index < -0.39 is 11.5 Å². The number of aliphatic hydroxyl groups excluding tert-OH is 1. The van der Waals surface area contributed by atoms with Crippen LogP contribution in [0, 0.1) is 9.49 Å². The number of benzene rings is 2. The van der Waals surface area contributed by atoms with Crippen LogP contribution in [0.25, 0.3) is 0 Å². The summed E-state index contributed by atoms with van der Waals surface area (Å²) in [7, 11) is 0. The molecule has 0 radical (unpaired) electrons. The van der Waals surface area contributed by atoms with Gasteiger partial charge in [0.2, 0.25) is 0 Å². The standard InChI is InChI=1S/C24H25IN4O3/c1-17(7-5-6-13-28-16-19(12-14-30)26-27-28)24(32)21-15-18(25)10-11-22(21)29(23(24)31)20-8-3-2-4-9-20/h2-5,7-11,15-17,30,32H,6,12-14H2,1H3/b7-5+/t17-,24+/m0/s1. The number of carbonyl (C=O) groups excluding carboxylic acids is 1. The summed E-state index contributed by atoms with van der Waals surface area (Å²) in [6.45, 7) is 2.53. The molecule has 0 bridgehead atoms. The number of aliphatic hydroxyl groups is 2. The number of para-hydroxylation sites is 1. The first-order valence-electron chi connectivity index (χ1n) is 10.5. The zero-order valence-corrected chi connectivity index (χ0v) is 19.9. The lowest BCUT2D eigenvalue weighted by molar-refractivity contribution is -0.138. The second kappa shape index (κ2) is 9.51. The van der Waals surface area contributed by atoms with Gasteiger partial charge in [0.25, 0.3) is 5.91 Å². The summed E-state index contributed by atoms with van der Waals surface area (Å²) in [6, 6.07) is 15.1. The topological polar surface area (TPSA) is 91.5 Å². The molecule has 0 fully saturated rings. The number of hydrogen-bond donors (Lipinski definition) is 2. The van der Waals surface area contributed by atoms with Gasteiger partial charge in [0.1, 0.15) is 0 Å². The molecular weight excluding hydrogens is 519 g/mol. The van der Waals surface area contributed by atoms with Crippen LogP contribution < -0.4 is 4.90 Å². The van der Waals surface area contributed by atoms with E-state index in [0.717, 1.165) is 15.0 Å². The highest BCUT2D eigenvalue weighted by molar-refractivity contribution is 14.1. The van der Waals surface area contributed by atoms with Gasteiger partial charge in [0.05, 0.1) is 11.4 Å². The Kier molecular flexibility index (Phi) is 6.73. The summed E-state index contributed by atoms with van der Waals surface area (Å²) in [5, 5.41) is 28.8. The van der Waals surface area contributed by atoms with E-state index in [1.165, 1.54) is 0 Å². The predicted octanol–water partition coefficient (Wildman–Crippen LogP) is 3.57. The van der Waals surface area contributed by atoms with Crippen molar-refractivity contribution < 1.29 is 15.0 Å². The Hall–Kier alpha value is -2.56. The lowest BCUT2D eigenvalue weighted by Gasteiger charge is -2.27. The molecule has 4 rings (SSSR count). The largest absolute Gasteiger partial charge is 0.396 e. The van der Waals surface area contributed by atoms with Crippen LogP contribution in [0.15, 0.2) is 66.9 Å². The van der Waals surface area contributed by atoms with Gasteiger partial charge < -0.3 is 10.2 Å². The lowest BCUT2D eigenvalue weighted by atomic mass is 9.83. The van der Waals surface area contributed by atoms with E-state index in [-0.39, 0.29) is 12.5 Å². The highest BCUT2D eigenvalue weighted by Gasteiger charge is 2.53. The molecule has 1 amide bonds. The number of fused-ring (bicyclic) bond motifs is 1. The third kappa shape index (κ3) is 4.22. The Labute approximate surface area is 200 Å². The number of amides is 1. The first-order valence-corrected chi connectivity index (χ1v) is 11.6. The minimum absolute atomic E-state index is 0.0448. The molecule has 2 heterocycles. The van der Waals surface area contributed by atoms with Crippen molar-refractivity contribution in [2.45, 2.75) is 31.9 Å². The first-order chi connectivity index (χ1) is 15.4. The lowest BCUT2D eigenvalue weighted by Crippen LogP contribution is -2.42. The zero-order valence-electron chi connectivity index (χ0n) is 17.7. The predicted molar refractivity (Wildman–Crippen MR) is 130 cm³/mol. The van der Waals surface area contributed by atoms with E-state index in [9.17, 15) is 9.90 Å². The van der Waals surface area contributed by atoms with Crippen molar-refractivity contribution in [2.24, 2.45) is 5.92 Å². The van der Waals surface area contributed by atoms with E-state index in [0.29, 0.717) is 30.6 Å². The van der Waals surface area contributed by atoms with E-state index in [2.05, 4.69) is 32.9 Å². The molecule has 166 valence electrons. The summed E-state index contributed by atoms with van der Waals surface area (Å²) in [5.41, 5.74) is 1.17. The number of allylic oxidation sites excluding steroid dienone is 1. The fraction of sp³-hybridized carbons (Fsp3) is 0.292. The van der Waals surface area contributed by atoms with E-state index in [1.807, 2.05) is 73.8 Å². The molecule has 8 heteroatoms. The summed E-state index contributed by atoms with van der Waals surface area (Å²) in [6.07, 6.45) is 6.83. The van der Waals surface area contributed by atoms with E-state index in [4.69, 9.17) is 5.11 Å². The number of carbonyl (C=O) groups is 1. The highest BCUT2D eigenvalue weighted by atomic mass is 127. The number of halogens is 1. The van der Waals surface area contributed by atoms with Gasteiger partial charge in [0.15, 0.2) is 5.60 Å². The first kappa shape index (κ1) is 22.6. The van der Waals surface area contributed by atoms with Gasteiger partial charge in [-0.05, 0) is 59.3 Å². The molecule has 32 heavy (non-hydrogen) atoms. The highest BCUT2D eigenvalue weighted by Crippen LogP contribution is 2.48. The maximum atomic E-state index is 13.6. The second-order valence-electron chi connectivity index (χ2n) is 7.86. The van der Waals surface area contributed by atoms with Gasteiger partial charge >= 0.3 is 0 Å². The molecule has 1 aliphatic heterocycles. The van der Waals surface area contributed by atoms with Crippen LogP contribution in [-0.2, 0) is 23.4 Å². The van der Waals surface area contributed by atoms with Crippen molar-refractivity contribution in [3.05, 3.63) is 81.7 Å². The number of rotatable bonds is 8. The van der Waals surface area contributed by atoms with Gasteiger partial charge in [0, 0.05) is 46.5 Å². The number of aromatic nitrogens is 3. The SMILES string of the molecule is C[C@@H](/C=C/CCn1cc(CCO)nn1)[C@]1(O)C(=O)N(c2ccccc2)c2ccc(I)cc21. The molecule has 2 aromatic carbocycles. The molecule has 1 aliphatic rings. The summed E-state index contributed by atoms with van der Waals surface area (Å²) in [4.78, 5) is 15.2. The average molecular weight is 544 g/mol. The average Bonchev–Trinajstić information content (AvgIpc) is 3.33. The molecule has 2 atom stereocenters. The molecule has 1 aromatic heterocycles. The quantitative estimate of drug-likeness (QED) is 0.335. The van der Waals surface area contributed by atoms with Crippen molar-refractivity contribution in [1.82, 2.24) is 15.0 Å². The number of nitrogens with zero attached hydrogens (tertiary/aromatic N) is 4. The maximum absolute atomic E-state index is 13.6. The van der Waals surface area contributed by atoms with Crippen molar-refractivity contribution >= 4 is 39.9 Å². The van der Waals surface area contributed by atoms with Gasteiger partial charge in [-0.1, -0.05) is 42.5 Å². The van der Waals surface area contributed by atoms with Crippen molar-refractivity contribution in [3.63, 3.8) is 0 Å². The Bertz CT molecular complexity index is 1130. The molecular formula is C24H25IN4O3. The Morgan fingerprint density at radius 2 is 2.00 bits per heavy atom. The fourth-order valence-electron chi connectivity index (χ4n) is 4.00. The van der Waals surface area contributed by atoms with Crippen LogP contribution in [0.2, 0.25) is 0 Å². The number of aryl methyl sites for hydroxylation is 1. The molecule has 0 spiro atoms. The minimum Gasteiger partial charge on any atom is -0.396 e. The molecule has 2 N–H and O–H groups in total. The Morgan fingerprint density at radius 3 is 2.75 bits per heavy atom. The molecule has 0 saturated heterocycles. The fourth-order valence-corrected chi connectivity index (χ4v) is 4.49. The van der Waals surface area contributed by atoms with Crippen molar-refractivity contribution in [2.75, 3.05) is 11.5 Å². The smallest absolute Gasteiger partial charge is 0.268 e. The monoisotopic (exact) mass is 544 g/mol. The molecule has 0 saturated carbocycles. The summed E-state index contributed by atoms with van der Waals surface area (Å²) >= 11 is 2.20. The van der Waals surface area contributed by atoms with Crippen molar-refractivity contribution in [1.29, 1.82) is 0 Å². The third-order valence-corrected chi connectivity index (χ3v) is 6.39. The van der Waals surface area contributed by atoms with Crippen LogP contribution in [0.1, 0.15) is 24.6 Å². The third-order valence-electron chi connectivity index (χ3n) is 5.72. The van der Waals surface area contributed by atoms with Crippen LogP contribution in [0.3, 0.4) is 0 Å². The van der Waals surface area contributed by atoms with Gasteiger partial charge in [-0.15, -0.1) is 5.10 Å². The maximum Gasteiger partial charge on any atom is 0.268 e. The van der Waals surface area contributed by atoms with Gasteiger partial charge in [-0.25, -0.2) is 0 Å². The van der Waals surface area contributed by atoms with Gasteiger partial charge in [-0.2, -0.15) is 0 Å². The van der Waals surface area contributed by atoms with Crippen molar-refractivity contribution in [3.8, 4) is 0 Å². The van der Waals surface area contributed by atoms with E-state index >= 15 is 0 Å². The normalized spacial score (nSPS) is 19.0. The zero-order chi connectivity index (χ0) is 22.7. The molecule has 7 nitrogen and oxygen atoms in total. The molecule has 0 unspecified atom stereocenters. The molecule has 0 aliphatic carbocycles. The number of anilines is 2. The summed E-state index contributed by atoms with van der Waals surface area (Å²) < 4.78 is 2.69. The van der Waals surface area contributed by atoms with E-state index in [1.54, 1.807) is 9.58 Å². The van der Waals surface area contributed by atoms with Crippen LogP contribution >= 0.6 is 22.6 Å². The Balaban J connectivity index is 1.55.